The molecule has 0 unspecified atom stereocenters. The molecule has 33 heavy (non-hydrogen) atoms. The topological polar surface area (TPSA) is 122 Å². The van der Waals surface area contributed by atoms with Crippen molar-refractivity contribution in [1.82, 2.24) is 5.43 Å². The van der Waals surface area contributed by atoms with Gasteiger partial charge in [-0.05, 0) is 65.2 Å². The van der Waals surface area contributed by atoms with Gasteiger partial charge in [0.05, 0.1) is 41.9 Å². The van der Waals surface area contributed by atoms with Crippen LogP contribution in [0.15, 0.2) is 46.0 Å². The number of ether oxygens (including phenoxy) is 4. The van der Waals surface area contributed by atoms with Gasteiger partial charge in [0.2, 0.25) is 5.91 Å². The van der Waals surface area contributed by atoms with Crippen molar-refractivity contribution in [3.8, 4) is 11.5 Å². The highest BCUT2D eigenvalue weighted by molar-refractivity contribution is 9.10. The fourth-order valence-corrected chi connectivity index (χ4v) is 3.68. The number of nitrogens with zero attached hydrogens (tertiary/aromatic N) is 2. The van der Waals surface area contributed by atoms with Crippen molar-refractivity contribution in [2.75, 3.05) is 19.8 Å². The van der Waals surface area contributed by atoms with Crippen LogP contribution in [0.25, 0.3) is 0 Å². The first kappa shape index (κ1) is 24.6. The van der Waals surface area contributed by atoms with Gasteiger partial charge in [0.25, 0.3) is 5.69 Å². The molecular formula is C22H24BrN3O7. The highest BCUT2D eigenvalue weighted by atomic mass is 79.9. The molecular weight excluding hydrogens is 498 g/mol. The lowest BCUT2D eigenvalue weighted by Gasteiger charge is -2.20. The number of nitro groups is 1. The maximum Gasteiger partial charge on any atom is 0.269 e. The van der Waals surface area contributed by atoms with E-state index in [1.165, 1.54) is 18.3 Å². The molecule has 176 valence electrons. The van der Waals surface area contributed by atoms with Crippen LogP contribution in [-0.4, -0.2) is 42.7 Å². The molecule has 1 N–H and O–H groups in total. The minimum Gasteiger partial charge on any atom is -0.490 e. The van der Waals surface area contributed by atoms with Crippen molar-refractivity contribution in [2.24, 2.45) is 5.10 Å². The van der Waals surface area contributed by atoms with E-state index in [9.17, 15) is 14.9 Å². The number of hydrogen-bond donors (Lipinski definition) is 1. The number of nitro benzene ring substituents is 1. The first-order valence-electron chi connectivity index (χ1n) is 10.2. The van der Waals surface area contributed by atoms with E-state index < -0.39 is 10.7 Å². The standard InChI is InChI=1S/C22H24BrN3O7/c1-3-30-19-11-16(13-24-25-20(27)12-22(2)32-8-9-33-22)10-18(23)21(19)31-14-15-4-6-17(7-5-15)26(28)29/h4-7,10-11,13H,3,8-9,12,14H2,1-2H3,(H,25,27)/b24-13-. The van der Waals surface area contributed by atoms with E-state index in [1.54, 1.807) is 31.2 Å². The average molecular weight is 522 g/mol. The maximum absolute atomic E-state index is 12.1. The lowest BCUT2D eigenvalue weighted by molar-refractivity contribution is -0.384. The molecule has 0 bridgehead atoms. The van der Waals surface area contributed by atoms with Gasteiger partial charge in [-0.15, -0.1) is 0 Å². The van der Waals surface area contributed by atoms with Crippen LogP contribution >= 0.6 is 15.9 Å². The summed E-state index contributed by atoms with van der Waals surface area (Å²) in [5.74, 6) is -0.280. The van der Waals surface area contributed by atoms with Gasteiger partial charge in [0.1, 0.15) is 6.61 Å². The van der Waals surface area contributed by atoms with Crippen molar-refractivity contribution in [3.05, 3.63) is 62.1 Å². The predicted octanol–water partition coefficient (Wildman–Crippen LogP) is 3.94. The Morgan fingerprint density at radius 1 is 1.27 bits per heavy atom. The van der Waals surface area contributed by atoms with Crippen LogP contribution in [0.2, 0.25) is 0 Å². The Morgan fingerprint density at radius 3 is 2.61 bits per heavy atom. The van der Waals surface area contributed by atoms with Gasteiger partial charge in [-0.25, -0.2) is 5.43 Å². The van der Waals surface area contributed by atoms with Crippen LogP contribution in [0, 0.1) is 10.1 Å². The molecule has 2 aromatic rings. The van der Waals surface area contributed by atoms with E-state index in [2.05, 4.69) is 26.5 Å². The third-order valence-electron chi connectivity index (χ3n) is 4.64. The fraction of sp³-hybridized carbons (Fsp3) is 0.364. The molecule has 0 saturated carbocycles. The zero-order valence-corrected chi connectivity index (χ0v) is 19.8. The number of amides is 1. The van der Waals surface area contributed by atoms with Crippen molar-refractivity contribution < 1.29 is 28.7 Å². The van der Waals surface area contributed by atoms with Crippen LogP contribution in [0.4, 0.5) is 5.69 Å². The van der Waals surface area contributed by atoms with Gasteiger partial charge in [-0.1, -0.05) is 0 Å². The summed E-state index contributed by atoms with van der Waals surface area (Å²) in [5, 5.41) is 14.8. The molecule has 1 heterocycles. The second kappa shape index (κ2) is 11.2. The Morgan fingerprint density at radius 2 is 1.97 bits per heavy atom. The predicted molar refractivity (Wildman–Crippen MR) is 123 cm³/mol. The molecule has 1 amide bonds. The first-order chi connectivity index (χ1) is 15.8. The lowest BCUT2D eigenvalue weighted by atomic mass is 10.2. The molecule has 1 fully saturated rings. The second-order valence-electron chi connectivity index (χ2n) is 7.28. The number of rotatable bonds is 10. The summed E-state index contributed by atoms with van der Waals surface area (Å²) in [7, 11) is 0. The summed E-state index contributed by atoms with van der Waals surface area (Å²) < 4.78 is 23.1. The normalized spacial score (nSPS) is 14.9. The molecule has 1 saturated heterocycles. The number of nitrogens with one attached hydrogen (secondary N) is 1. The van der Waals surface area contributed by atoms with Crippen molar-refractivity contribution >= 4 is 33.7 Å². The van der Waals surface area contributed by atoms with Gasteiger partial charge in [0, 0.05) is 12.1 Å². The quantitative estimate of drug-likeness (QED) is 0.285. The average Bonchev–Trinajstić information content (AvgIpc) is 3.19. The van der Waals surface area contributed by atoms with Gasteiger partial charge in [0.15, 0.2) is 17.3 Å². The van der Waals surface area contributed by atoms with Gasteiger partial charge in [-0.2, -0.15) is 5.10 Å². The molecule has 0 aromatic heterocycles. The third kappa shape index (κ3) is 6.98. The molecule has 11 heteroatoms. The molecule has 2 aromatic carbocycles. The Bertz CT molecular complexity index is 1020. The lowest BCUT2D eigenvalue weighted by Crippen LogP contribution is -2.33. The summed E-state index contributed by atoms with van der Waals surface area (Å²) in [6.07, 6.45) is 1.53. The third-order valence-corrected chi connectivity index (χ3v) is 5.23. The Kier molecular flexibility index (Phi) is 8.37. The van der Waals surface area contributed by atoms with E-state index in [0.717, 1.165) is 5.56 Å². The summed E-state index contributed by atoms with van der Waals surface area (Å²) >= 11 is 3.48. The molecule has 0 aliphatic carbocycles. The molecule has 1 aliphatic heterocycles. The number of carbonyl (C=O) groups excluding carboxylic acids is 1. The van der Waals surface area contributed by atoms with E-state index in [4.69, 9.17) is 18.9 Å². The van der Waals surface area contributed by atoms with E-state index in [0.29, 0.717) is 41.4 Å². The van der Waals surface area contributed by atoms with Crippen molar-refractivity contribution in [3.63, 3.8) is 0 Å². The largest absolute Gasteiger partial charge is 0.490 e. The number of carbonyl (C=O) groups is 1. The summed E-state index contributed by atoms with van der Waals surface area (Å²) in [6.45, 7) is 5.09. The number of non-ortho nitro benzene ring substituents is 1. The molecule has 1 aliphatic rings. The fourth-order valence-electron chi connectivity index (χ4n) is 3.10. The van der Waals surface area contributed by atoms with Gasteiger partial charge in [-0.3, -0.25) is 14.9 Å². The first-order valence-corrected chi connectivity index (χ1v) is 11.0. The van der Waals surface area contributed by atoms with Crippen LogP contribution in [-0.2, 0) is 20.9 Å². The summed E-state index contributed by atoms with van der Waals surface area (Å²) in [6, 6.07) is 9.64. The summed E-state index contributed by atoms with van der Waals surface area (Å²) in [5.41, 5.74) is 3.92. The minimum absolute atomic E-state index is 0.0167. The van der Waals surface area contributed by atoms with E-state index in [1.807, 2.05) is 6.92 Å². The van der Waals surface area contributed by atoms with Crippen LogP contribution in [0.1, 0.15) is 31.4 Å². The van der Waals surface area contributed by atoms with E-state index in [-0.39, 0.29) is 24.6 Å². The minimum atomic E-state index is -0.923. The van der Waals surface area contributed by atoms with Gasteiger partial charge >= 0.3 is 0 Å². The van der Waals surface area contributed by atoms with Crippen LogP contribution < -0.4 is 14.9 Å². The monoisotopic (exact) mass is 521 g/mol. The number of hydrogen-bond acceptors (Lipinski definition) is 8. The SMILES string of the molecule is CCOc1cc(/C=N\NC(=O)CC2(C)OCCO2)cc(Br)c1OCc1ccc([N+](=O)[O-])cc1. The molecule has 0 radical (unpaired) electrons. The second-order valence-corrected chi connectivity index (χ2v) is 8.13. The van der Waals surface area contributed by atoms with Crippen LogP contribution in [0.3, 0.4) is 0 Å². The Balaban J connectivity index is 1.65. The highest BCUT2D eigenvalue weighted by Crippen LogP contribution is 2.37. The van der Waals surface area contributed by atoms with Crippen molar-refractivity contribution in [2.45, 2.75) is 32.7 Å². The zero-order valence-electron chi connectivity index (χ0n) is 18.2. The maximum atomic E-state index is 12.1. The molecule has 0 spiro atoms. The van der Waals surface area contributed by atoms with Crippen molar-refractivity contribution in [1.29, 1.82) is 0 Å². The van der Waals surface area contributed by atoms with Gasteiger partial charge < -0.3 is 18.9 Å². The molecule has 3 rings (SSSR count). The zero-order chi connectivity index (χ0) is 23.8. The smallest absolute Gasteiger partial charge is 0.269 e. The Labute approximate surface area is 199 Å². The highest BCUT2D eigenvalue weighted by Gasteiger charge is 2.33. The number of benzene rings is 2. The van der Waals surface area contributed by atoms with E-state index >= 15 is 0 Å². The Hall–Kier alpha value is -3.02. The molecule has 10 nitrogen and oxygen atoms in total. The number of hydrazone groups is 1. The summed E-state index contributed by atoms with van der Waals surface area (Å²) in [4.78, 5) is 22.4. The molecule has 0 atom stereocenters. The van der Waals surface area contributed by atoms with Crippen LogP contribution in [0.5, 0.6) is 11.5 Å². The number of halogens is 1.